The lowest BCUT2D eigenvalue weighted by atomic mass is 10.4. The first kappa shape index (κ1) is 10.7. The molecule has 13 heavy (non-hydrogen) atoms. The summed E-state index contributed by atoms with van der Waals surface area (Å²) in [6.07, 6.45) is -3.67. The maximum atomic E-state index is 11.7. The van der Waals surface area contributed by atoms with Crippen molar-refractivity contribution in [3.8, 4) is 0 Å². The number of hydrogen-bond donors (Lipinski definition) is 1. The molecular weight excluding hydrogens is 209 g/mol. The molecule has 0 aromatic rings. The summed E-state index contributed by atoms with van der Waals surface area (Å²) in [5, 5.41) is 0. The van der Waals surface area contributed by atoms with Gasteiger partial charge in [-0.15, -0.1) is 4.72 Å². The molecule has 78 valence electrons. The normalized spacial score (nSPS) is 20.8. The molecule has 0 bridgehead atoms. The van der Waals surface area contributed by atoms with Gasteiger partial charge in [0.05, 0.1) is 0 Å². The second-order valence-electron chi connectivity index (χ2n) is 2.71. The number of halogens is 3. The Bertz CT molecular complexity index is 268. The second-order valence-corrected chi connectivity index (χ2v) is 4.38. The molecule has 1 heterocycles. The Hall–Kier alpha value is -0.340. The zero-order valence-electron chi connectivity index (χ0n) is 6.63. The van der Waals surface area contributed by atoms with Gasteiger partial charge in [-0.1, -0.05) is 0 Å². The number of hydrogen-bond acceptors (Lipinski definition) is 2. The van der Waals surface area contributed by atoms with Gasteiger partial charge in [-0.2, -0.15) is 25.9 Å². The minimum atomic E-state index is -4.89. The first-order chi connectivity index (χ1) is 5.81. The summed E-state index contributed by atoms with van der Waals surface area (Å²) in [5.74, 6) is 0. The lowest BCUT2D eigenvalue weighted by Gasteiger charge is -2.17. The van der Waals surface area contributed by atoms with Crippen LogP contribution in [0.4, 0.5) is 13.2 Å². The van der Waals surface area contributed by atoms with Crippen LogP contribution in [0, 0.1) is 0 Å². The van der Waals surface area contributed by atoms with Crippen molar-refractivity contribution in [2.45, 2.75) is 19.1 Å². The second kappa shape index (κ2) is 3.43. The van der Waals surface area contributed by atoms with Crippen molar-refractivity contribution >= 4 is 10.2 Å². The van der Waals surface area contributed by atoms with Gasteiger partial charge >= 0.3 is 6.30 Å². The average Bonchev–Trinajstić information content (AvgIpc) is 2.29. The van der Waals surface area contributed by atoms with Crippen LogP contribution in [0.2, 0.25) is 0 Å². The zero-order chi connectivity index (χ0) is 10.1. The molecule has 1 aliphatic heterocycles. The number of nitrogens with one attached hydrogen (secondary N) is 1. The summed E-state index contributed by atoms with van der Waals surface area (Å²) in [6.45, 7) is 0.316. The van der Waals surface area contributed by atoms with E-state index >= 15 is 0 Å². The van der Waals surface area contributed by atoms with Gasteiger partial charge in [0.1, 0.15) is 0 Å². The average molecular weight is 218 g/mol. The van der Waals surface area contributed by atoms with Gasteiger partial charge in [0.15, 0.2) is 0 Å². The van der Waals surface area contributed by atoms with E-state index in [0.717, 1.165) is 4.31 Å². The predicted molar refractivity (Wildman–Crippen MR) is 38.9 cm³/mol. The Balaban J connectivity index is 2.66. The van der Waals surface area contributed by atoms with Gasteiger partial charge in [0.2, 0.25) is 0 Å². The van der Waals surface area contributed by atoms with Gasteiger partial charge in [-0.3, -0.25) is 0 Å². The van der Waals surface area contributed by atoms with Crippen LogP contribution in [0.3, 0.4) is 0 Å². The predicted octanol–water partition coefficient (Wildman–Crippen LogP) is 0.436. The molecule has 1 fully saturated rings. The Kier molecular flexibility index (Phi) is 2.83. The fraction of sp³-hybridized carbons (Fsp3) is 1.00. The molecule has 1 aliphatic rings. The van der Waals surface area contributed by atoms with E-state index in [2.05, 4.69) is 0 Å². The van der Waals surface area contributed by atoms with Crippen LogP contribution < -0.4 is 4.72 Å². The Labute approximate surface area is 73.9 Å². The first-order valence-corrected chi connectivity index (χ1v) is 5.11. The molecule has 0 radical (unpaired) electrons. The van der Waals surface area contributed by atoms with E-state index in [9.17, 15) is 21.6 Å². The Morgan fingerprint density at radius 1 is 1.15 bits per heavy atom. The van der Waals surface area contributed by atoms with Gasteiger partial charge in [0.25, 0.3) is 10.2 Å². The third kappa shape index (κ3) is 3.12. The summed E-state index contributed by atoms with van der Waals surface area (Å²) in [4.78, 5) is 0. The summed E-state index contributed by atoms with van der Waals surface area (Å²) in [7, 11) is -4.36. The van der Waals surface area contributed by atoms with E-state index < -0.39 is 16.5 Å². The highest BCUT2D eigenvalue weighted by Gasteiger charge is 2.37. The molecule has 0 spiro atoms. The van der Waals surface area contributed by atoms with Crippen molar-refractivity contribution in [3.05, 3.63) is 0 Å². The SMILES string of the molecule is O=S(=O)(NC(F)(F)F)N1CCCC1. The maximum Gasteiger partial charge on any atom is 0.471 e. The number of rotatable bonds is 2. The molecule has 1 rings (SSSR count). The molecule has 1 N–H and O–H groups in total. The Morgan fingerprint density at radius 3 is 2.00 bits per heavy atom. The summed E-state index contributed by atoms with van der Waals surface area (Å²) in [6, 6.07) is 0. The van der Waals surface area contributed by atoms with Gasteiger partial charge in [-0.25, -0.2) is 0 Å². The van der Waals surface area contributed by atoms with Crippen molar-refractivity contribution < 1.29 is 21.6 Å². The van der Waals surface area contributed by atoms with Crippen LogP contribution in [-0.4, -0.2) is 32.1 Å². The third-order valence-electron chi connectivity index (χ3n) is 1.65. The van der Waals surface area contributed by atoms with Crippen molar-refractivity contribution in [2.24, 2.45) is 0 Å². The van der Waals surface area contributed by atoms with Crippen LogP contribution in [0.1, 0.15) is 12.8 Å². The van der Waals surface area contributed by atoms with E-state index in [0.29, 0.717) is 17.6 Å². The standard InChI is InChI=1S/C5H9F3N2O2S/c6-5(7,8)9-13(11,12)10-3-1-2-4-10/h9H,1-4H2. The summed E-state index contributed by atoms with van der Waals surface area (Å²) >= 11 is 0. The smallest absolute Gasteiger partial charge is 0.195 e. The van der Waals surface area contributed by atoms with Crippen LogP contribution in [-0.2, 0) is 10.2 Å². The fourth-order valence-corrected chi connectivity index (χ4v) is 2.30. The number of alkyl halides is 3. The molecule has 0 unspecified atom stereocenters. The third-order valence-corrected chi connectivity index (χ3v) is 3.18. The Morgan fingerprint density at radius 2 is 1.62 bits per heavy atom. The van der Waals surface area contributed by atoms with E-state index in [1.807, 2.05) is 0 Å². The van der Waals surface area contributed by atoms with Crippen molar-refractivity contribution in [1.29, 1.82) is 0 Å². The lowest BCUT2D eigenvalue weighted by Crippen LogP contribution is -2.45. The molecule has 0 aromatic heterocycles. The van der Waals surface area contributed by atoms with E-state index in [1.54, 1.807) is 0 Å². The molecule has 0 aliphatic carbocycles. The van der Waals surface area contributed by atoms with Gasteiger partial charge in [-0.05, 0) is 12.8 Å². The summed E-state index contributed by atoms with van der Waals surface area (Å²) in [5.41, 5.74) is 0. The van der Waals surface area contributed by atoms with E-state index in [1.165, 1.54) is 0 Å². The molecule has 0 atom stereocenters. The fourth-order valence-electron chi connectivity index (χ4n) is 1.14. The highest BCUT2D eigenvalue weighted by molar-refractivity contribution is 7.87. The monoisotopic (exact) mass is 218 g/mol. The van der Waals surface area contributed by atoms with E-state index in [4.69, 9.17) is 0 Å². The van der Waals surface area contributed by atoms with E-state index in [-0.39, 0.29) is 13.1 Å². The molecule has 0 saturated carbocycles. The quantitative estimate of drug-likeness (QED) is 0.683. The maximum absolute atomic E-state index is 11.7. The molecule has 0 amide bonds. The minimum Gasteiger partial charge on any atom is -0.195 e. The van der Waals surface area contributed by atoms with Crippen molar-refractivity contribution in [1.82, 2.24) is 9.03 Å². The van der Waals surface area contributed by atoms with Gasteiger partial charge in [0, 0.05) is 13.1 Å². The first-order valence-electron chi connectivity index (χ1n) is 3.67. The highest BCUT2D eigenvalue weighted by Crippen LogP contribution is 2.17. The van der Waals surface area contributed by atoms with Crippen molar-refractivity contribution in [2.75, 3.05) is 13.1 Å². The van der Waals surface area contributed by atoms with Crippen LogP contribution in [0.5, 0.6) is 0 Å². The largest absolute Gasteiger partial charge is 0.471 e. The molecular formula is C5H9F3N2O2S. The highest BCUT2D eigenvalue weighted by atomic mass is 32.2. The number of nitrogens with zero attached hydrogens (tertiary/aromatic N) is 1. The van der Waals surface area contributed by atoms with Crippen LogP contribution in [0.15, 0.2) is 0 Å². The molecule has 0 aromatic carbocycles. The van der Waals surface area contributed by atoms with Crippen LogP contribution in [0.25, 0.3) is 0 Å². The van der Waals surface area contributed by atoms with Crippen LogP contribution >= 0.6 is 0 Å². The lowest BCUT2D eigenvalue weighted by molar-refractivity contribution is -0.138. The minimum absolute atomic E-state index is 0.158. The molecule has 8 heteroatoms. The van der Waals surface area contributed by atoms with Gasteiger partial charge < -0.3 is 0 Å². The van der Waals surface area contributed by atoms with Crippen molar-refractivity contribution in [3.63, 3.8) is 0 Å². The zero-order valence-corrected chi connectivity index (χ0v) is 7.45. The molecule has 1 saturated heterocycles. The molecule has 4 nitrogen and oxygen atoms in total. The topological polar surface area (TPSA) is 49.4 Å². The summed E-state index contributed by atoms with van der Waals surface area (Å²) < 4.78 is 58.4.